The molecule has 0 saturated carbocycles. The van der Waals surface area contributed by atoms with E-state index in [0.29, 0.717) is 0 Å². The second-order valence-electron chi connectivity index (χ2n) is 6.86. The van der Waals surface area contributed by atoms with Crippen LogP contribution in [-0.2, 0) is 14.3 Å². The van der Waals surface area contributed by atoms with Crippen molar-refractivity contribution < 1.29 is 24.2 Å². The Bertz CT molecular complexity index is 945. The topological polar surface area (TPSA) is 105 Å². The summed E-state index contributed by atoms with van der Waals surface area (Å²) < 4.78 is 5.36. The molecule has 0 bridgehead atoms. The molecule has 3 rings (SSSR count). The molecular weight excluding hydrogens is 408 g/mol. The monoisotopic (exact) mass is 428 g/mol. The van der Waals surface area contributed by atoms with Crippen LogP contribution in [0.2, 0.25) is 0 Å². The lowest BCUT2D eigenvalue weighted by atomic mass is 9.98. The van der Waals surface area contributed by atoms with Gasteiger partial charge < -0.3 is 20.5 Å². The molecule has 0 radical (unpaired) electrons. The molecule has 0 spiro atoms. The molecule has 1 atom stereocenters. The van der Waals surface area contributed by atoms with Crippen molar-refractivity contribution in [3.05, 3.63) is 71.3 Å². The van der Waals surface area contributed by atoms with E-state index in [0.717, 1.165) is 22.3 Å². The zero-order valence-electron chi connectivity index (χ0n) is 16.1. The van der Waals surface area contributed by atoms with Crippen molar-refractivity contribution in [1.82, 2.24) is 10.6 Å². The van der Waals surface area contributed by atoms with Crippen molar-refractivity contribution in [1.29, 1.82) is 0 Å². The SMILES string of the molecule is C=C(Cl)CNC(=O)C(CC(=O)O)NC(=O)OCC1c2ccccc2-c2ccccc21. The Hall–Kier alpha value is -3.32. The highest BCUT2D eigenvalue weighted by Crippen LogP contribution is 2.44. The molecule has 1 aliphatic rings. The van der Waals surface area contributed by atoms with Crippen LogP contribution in [0.3, 0.4) is 0 Å². The number of amides is 2. The Morgan fingerprint density at radius 3 is 2.17 bits per heavy atom. The second kappa shape index (κ2) is 9.45. The molecule has 2 aromatic carbocycles. The number of nitrogens with one attached hydrogen (secondary N) is 2. The fourth-order valence-corrected chi connectivity index (χ4v) is 3.54. The summed E-state index contributed by atoms with van der Waals surface area (Å²) in [7, 11) is 0. The van der Waals surface area contributed by atoms with Gasteiger partial charge in [-0.3, -0.25) is 9.59 Å². The van der Waals surface area contributed by atoms with E-state index in [9.17, 15) is 14.4 Å². The van der Waals surface area contributed by atoms with Gasteiger partial charge in [-0.25, -0.2) is 4.79 Å². The number of carbonyl (C=O) groups excluding carboxylic acids is 2. The number of rotatable bonds is 8. The smallest absolute Gasteiger partial charge is 0.407 e. The molecule has 0 aromatic heterocycles. The molecule has 2 amide bonds. The van der Waals surface area contributed by atoms with E-state index in [2.05, 4.69) is 17.2 Å². The Balaban J connectivity index is 1.66. The van der Waals surface area contributed by atoms with Crippen molar-refractivity contribution in [3.8, 4) is 11.1 Å². The van der Waals surface area contributed by atoms with Crippen molar-refractivity contribution >= 4 is 29.6 Å². The van der Waals surface area contributed by atoms with Crippen LogP contribution in [0.4, 0.5) is 4.79 Å². The van der Waals surface area contributed by atoms with E-state index in [4.69, 9.17) is 21.4 Å². The van der Waals surface area contributed by atoms with Gasteiger partial charge in [-0.2, -0.15) is 0 Å². The van der Waals surface area contributed by atoms with E-state index in [1.807, 2.05) is 48.5 Å². The van der Waals surface area contributed by atoms with Crippen LogP contribution >= 0.6 is 11.6 Å². The zero-order valence-corrected chi connectivity index (χ0v) is 16.8. The molecule has 3 N–H and O–H groups in total. The summed E-state index contributed by atoms with van der Waals surface area (Å²) >= 11 is 5.61. The number of alkyl carbamates (subject to hydrolysis) is 1. The predicted molar refractivity (Wildman–Crippen MR) is 112 cm³/mol. The third-order valence-corrected chi connectivity index (χ3v) is 4.92. The molecule has 0 fully saturated rings. The van der Waals surface area contributed by atoms with Crippen molar-refractivity contribution in [2.45, 2.75) is 18.4 Å². The fraction of sp³-hybridized carbons (Fsp3) is 0.227. The second-order valence-corrected chi connectivity index (χ2v) is 7.39. The molecule has 2 aromatic rings. The fourth-order valence-electron chi connectivity index (χ4n) is 3.47. The lowest BCUT2D eigenvalue weighted by molar-refractivity contribution is -0.139. The molecule has 0 heterocycles. The van der Waals surface area contributed by atoms with Gasteiger partial charge in [0.15, 0.2) is 0 Å². The van der Waals surface area contributed by atoms with E-state index < -0.39 is 30.4 Å². The van der Waals surface area contributed by atoms with Crippen LogP contribution in [0, 0.1) is 0 Å². The number of halogens is 1. The van der Waals surface area contributed by atoms with Gasteiger partial charge in [-0.15, -0.1) is 0 Å². The minimum absolute atomic E-state index is 0.0388. The van der Waals surface area contributed by atoms with E-state index in [-0.39, 0.29) is 24.1 Å². The van der Waals surface area contributed by atoms with Crippen LogP contribution in [0.5, 0.6) is 0 Å². The van der Waals surface area contributed by atoms with E-state index >= 15 is 0 Å². The van der Waals surface area contributed by atoms with Gasteiger partial charge in [0, 0.05) is 11.0 Å². The van der Waals surface area contributed by atoms with Gasteiger partial charge in [0.05, 0.1) is 13.0 Å². The molecule has 8 heteroatoms. The summed E-state index contributed by atoms with van der Waals surface area (Å²) in [6.45, 7) is 3.46. The van der Waals surface area contributed by atoms with Crippen LogP contribution in [0.1, 0.15) is 23.5 Å². The first-order valence-corrected chi connectivity index (χ1v) is 9.69. The minimum Gasteiger partial charge on any atom is -0.481 e. The molecule has 30 heavy (non-hydrogen) atoms. The number of fused-ring (bicyclic) bond motifs is 3. The number of hydrogen-bond acceptors (Lipinski definition) is 4. The van der Waals surface area contributed by atoms with Gasteiger partial charge in [0.25, 0.3) is 0 Å². The lowest BCUT2D eigenvalue weighted by Crippen LogP contribution is -2.48. The molecule has 1 aliphatic carbocycles. The van der Waals surface area contributed by atoms with Crippen LogP contribution in [-0.4, -0.2) is 42.3 Å². The normalized spacial score (nSPS) is 13.0. The van der Waals surface area contributed by atoms with Crippen molar-refractivity contribution in [2.24, 2.45) is 0 Å². The third kappa shape index (κ3) is 4.99. The summed E-state index contributed by atoms with van der Waals surface area (Å²) in [4.78, 5) is 35.5. The predicted octanol–water partition coefficient (Wildman–Crippen LogP) is 3.24. The van der Waals surface area contributed by atoms with Crippen molar-refractivity contribution in [2.75, 3.05) is 13.2 Å². The highest BCUT2D eigenvalue weighted by molar-refractivity contribution is 6.29. The first-order valence-electron chi connectivity index (χ1n) is 9.31. The average molecular weight is 429 g/mol. The number of hydrogen-bond donors (Lipinski definition) is 3. The summed E-state index contributed by atoms with van der Waals surface area (Å²) in [5, 5.41) is 13.9. The molecule has 1 unspecified atom stereocenters. The maximum atomic E-state index is 12.3. The van der Waals surface area contributed by atoms with Crippen LogP contribution < -0.4 is 10.6 Å². The maximum absolute atomic E-state index is 12.3. The summed E-state index contributed by atoms with van der Waals surface area (Å²) in [6.07, 6.45) is -1.46. The lowest BCUT2D eigenvalue weighted by Gasteiger charge is -2.18. The Morgan fingerprint density at radius 2 is 1.63 bits per heavy atom. The maximum Gasteiger partial charge on any atom is 0.407 e. The van der Waals surface area contributed by atoms with Crippen LogP contribution in [0.15, 0.2) is 60.1 Å². The summed E-state index contributed by atoms with van der Waals surface area (Å²) in [5.41, 5.74) is 4.27. The van der Waals surface area contributed by atoms with Gasteiger partial charge in [-0.1, -0.05) is 66.7 Å². The Kier molecular flexibility index (Phi) is 6.74. The number of ether oxygens (including phenoxy) is 1. The quantitative estimate of drug-likeness (QED) is 0.598. The zero-order chi connectivity index (χ0) is 21.7. The van der Waals surface area contributed by atoms with Gasteiger partial charge in [-0.05, 0) is 22.3 Å². The largest absolute Gasteiger partial charge is 0.481 e. The minimum atomic E-state index is -1.30. The number of carboxylic acid groups (broad SMARTS) is 1. The summed E-state index contributed by atoms with van der Waals surface area (Å²) in [6, 6.07) is 14.5. The van der Waals surface area contributed by atoms with Gasteiger partial charge in [0.1, 0.15) is 12.6 Å². The highest BCUT2D eigenvalue weighted by Gasteiger charge is 2.30. The number of carboxylic acids is 1. The first kappa shape index (κ1) is 21.4. The number of benzene rings is 2. The summed E-state index contributed by atoms with van der Waals surface area (Å²) in [5.74, 6) is -2.07. The Morgan fingerprint density at radius 1 is 1.07 bits per heavy atom. The molecule has 7 nitrogen and oxygen atoms in total. The first-order chi connectivity index (χ1) is 14.4. The van der Waals surface area contributed by atoms with Gasteiger partial charge >= 0.3 is 12.1 Å². The Labute approximate surface area is 178 Å². The number of aliphatic carboxylic acids is 1. The molecular formula is C22H21ClN2O5. The average Bonchev–Trinajstić information content (AvgIpc) is 3.03. The highest BCUT2D eigenvalue weighted by atomic mass is 35.5. The van der Waals surface area contributed by atoms with Gasteiger partial charge in [0.2, 0.25) is 5.91 Å². The van der Waals surface area contributed by atoms with E-state index in [1.165, 1.54) is 0 Å². The van der Waals surface area contributed by atoms with Crippen molar-refractivity contribution in [3.63, 3.8) is 0 Å². The van der Waals surface area contributed by atoms with Crippen LogP contribution in [0.25, 0.3) is 11.1 Å². The molecule has 0 saturated heterocycles. The van der Waals surface area contributed by atoms with E-state index in [1.54, 1.807) is 0 Å². The molecule has 156 valence electrons. The standard InChI is InChI=1S/C22H21ClN2O5/c1-13(23)11-24-21(28)19(10-20(26)27)25-22(29)30-12-18-16-8-4-2-6-14(16)15-7-3-5-9-17(15)18/h2-9,18-19H,1,10-12H2,(H,24,28)(H,25,29)(H,26,27). The third-order valence-electron chi connectivity index (χ3n) is 4.79. The number of carbonyl (C=O) groups is 3. The molecule has 0 aliphatic heterocycles.